The van der Waals surface area contributed by atoms with Gasteiger partial charge < -0.3 is 9.84 Å². The number of ether oxygens (including phenoxy) is 1. The SMILES string of the molecule is COC(=O)c1ccccc1C#CCC(=O)O. The van der Waals surface area contributed by atoms with Crippen LogP contribution in [0.25, 0.3) is 0 Å². The van der Waals surface area contributed by atoms with Crippen LogP contribution < -0.4 is 0 Å². The highest BCUT2D eigenvalue weighted by Crippen LogP contribution is 2.08. The number of carbonyl (C=O) groups is 2. The van der Waals surface area contributed by atoms with Crippen LogP contribution in [0.5, 0.6) is 0 Å². The molecule has 4 nitrogen and oxygen atoms in total. The van der Waals surface area contributed by atoms with Gasteiger partial charge in [0.25, 0.3) is 0 Å². The molecule has 0 heterocycles. The highest BCUT2D eigenvalue weighted by molar-refractivity contribution is 5.92. The third-order valence-corrected chi connectivity index (χ3v) is 1.80. The Morgan fingerprint density at radius 2 is 2.06 bits per heavy atom. The summed E-state index contributed by atoms with van der Waals surface area (Å²) in [7, 11) is 1.28. The maximum atomic E-state index is 11.3. The normalized spacial score (nSPS) is 8.81. The Balaban J connectivity index is 2.98. The van der Waals surface area contributed by atoms with Crippen LogP contribution in [0.3, 0.4) is 0 Å². The van der Waals surface area contributed by atoms with Crippen LogP contribution in [0.1, 0.15) is 22.3 Å². The van der Waals surface area contributed by atoms with Gasteiger partial charge in [-0.1, -0.05) is 24.0 Å². The predicted molar refractivity (Wildman–Crippen MR) is 56.9 cm³/mol. The number of hydrogen-bond donors (Lipinski definition) is 1. The Labute approximate surface area is 92.9 Å². The first kappa shape index (κ1) is 11.8. The Bertz CT molecular complexity index is 465. The van der Waals surface area contributed by atoms with E-state index >= 15 is 0 Å². The van der Waals surface area contributed by atoms with Gasteiger partial charge in [0.1, 0.15) is 6.42 Å². The molecule has 0 spiro atoms. The zero-order valence-corrected chi connectivity index (χ0v) is 8.69. The van der Waals surface area contributed by atoms with E-state index in [-0.39, 0.29) is 6.42 Å². The summed E-state index contributed by atoms with van der Waals surface area (Å²) in [6.45, 7) is 0. The summed E-state index contributed by atoms with van der Waals surface area (Å²) < 4.78 is 4.58. The maximum Gasteiger partial charge on any atom is 0.339 e. The lowest BCUT2D eigenvalue weighted by atomic mass is 10.1. The number of rotatable bonds is 2. The van der Waals surface area contributed by atoms with E-state index in [1.54, 1.807) is 24.3 Å². The molecule has 0 amide bonds. The maximum absolute atomic E-state index is 11.3. The van der Waals surface area contributed by atoms with Gasteiger partial charge in [0, 0.05) is 5.56 Å². The van der Waals surface area contributed by atoms with Crippen LogP contribution in [0.4, 0.5) is 0 Å². The summed E-state index contributed by atoms with van der Waals surface area (Å²) >= 11 is 0. The monoisotopic (exact) mass is 218 g/mol. The van der Waals surface area contributed by atoms with E-state index in [1.807, 2.05) is 0 Å². The molecule has 0 aliphatic carbocycles. The first-order valence-corrected chi connectivity index (χ1v) is 4.53. The van der Waals surface area contributed by atoms with Gasteiger partial charge >= 0.3 is 11.9 Å². The van der Waals surface area contributed by atoms with Crippen LogP contribution in [-0.2, 0) is 9.53 Å². The van der Waals surface area contributed by atoms with Crippen LogP contribution in [0.2, 0.25) is 0 Å². The van der Waals surface area contributed by atoms with Crippen molar-refractivity contribution in [2.75, 3.05) is 7.11 Å². The fourth-order valence-electron chi connectivity index (χ4n) is 1.10. The summed E-state index contributed by atoms with van der Waals surface area (Å²) in [5.41, 5.74) is 0.804. The van der Waals surface area contributed by atoms with Crippen molar-refractivity contribution < 1.29 is 19.4 Å². The van der Waals surface area contributed by atoms with Gasteiger partial charge in [-0.2, -0.15) is 0 Å². The van der Waals surface area contributed by atoms with Crippen LogP contribution in [-0.4, -0.2) is 24.2 Å². The van der Waals surface area contributed by atoms with E-state index in [9.17, 15) is 9.59 Å². The summed E-state index contributed by atoms with van der Waals surface area (Å²) in [6, 6.07) is 6.63. The van der Waals surface area contributed by atoms with Crippen molar-refractivity contribution in [1.29, 1.82) is 0 Å². The number of hydrogen-bond acceptors (Lipinski definition) is 3. The second-order valence-corrected chi connectivity index (χ2v) is 2.91. The van der Waals surface area contributed by atoms with E-state index in [2.05, 4.69) is 16.6 Å². The van der Waals surface area contributed by atoms with Gasteiger partial charge in [0.05, 0.1) is 12.7 Å². The lowest BCUT2D eigenvalue weighted by molar-refractivity contribution is -0.135. The molecular weight excluding hydrogens is 208 g/mol. The molecule has 0 bridgehead atoms. The third-order valence-electron chi connectivity index (χ3n) is 1.80. The quantitative estimate of drug-likeness (QED) is 0.600. The molecule has 0 fully saturated rings. The molecule has 0 aromatic heterocycles. The second kappa shape index (κ2) is 5.56. The minimum absolute atomic E-state index is 0.254. The van der Waals surface area contributed by atoms with Crippen LogP contribution in [0.15, 0.2) is 24.3 Å². The molecule has 16 heavy (non-hydrogen) atoms. The number of aliphatic carboxylic acids is 1. The molecule has 1 aromatic carbocycles. The molecular formula is C12H10O4. The molecule has 1 rings (SSSR count). The predicted octanol–water partition coefficient (Wildman–Crippen LogP) is 1.30. The van der Waals surface area contributed by atoms with Crippen molar-refractivity contribution in [3.63, 3.8) is 0 Å². The fourth-order valence-corrected chi connectivity index (χ4v) is 1.10. The third kappa shape index (κ3) is 3.14. The molecule has 0 unspecified atom stereocenters. The summed E-state index contributed by atoms with van der Waals surface area (Å²) in [5, 5.41) is 8.42. The van der Waals surface area contributed by atoms with Crippen molar-refractivity contribution in [3.05, 3.63) is 35.4 Å². The molecule has 0 saturated heterocycles. The highest BCUT2D eigenvalue weighted by Gasteiger charge is 2.08. The van der Waals surface area contributed by atoms with E-state index in [0.717, 1.165) is 0 Å². The van der Waals surface area contributed by atoms with Crippen LogP contribution >= 0.6 is 0 Å². The number of carboxylic acid groups (broad SMARTS) is 1. The summed E-state index contributed by atoms with van der Waals surface area (Å²) in [6.07, 6.45) is -0.254. The second-order valence-electron chi connectivity index (χ2n) is 2.91. The van der Waals surface area contributed by atoms with Gasteiger partial charge in [0.15, 0.2) is 0 Å². The van der Waals surface area contributed by atoms with Gasteiger partial charge in [-0.05, 0) is 12.1 Å². The molecule has 0 radical (unpaired) electrons. The number of carboxylic acids is 1. The lowest BCUT2D eigenvalue weighted by Crippen LogP contribution is -2.03. The Morgan fingerprint density at radius 1 is 1.38 bits per heavy atom. The molecule has 0 aliphatic rings. The smallest absolute Gasteiger partial charge is 0.339 e. The van der Waals surface area contributed by atoms with Gasteiger partial charge in [-0.25, -0.2) is 4.79 Å². The minimum atomic E-state index is -0.997. The van der Waals surface area contributed by atoms with Crippen molar-refractivity contribution >= 4 is 11.9 Å². The van der Waals surface area contributed by atoms with E-state index < -0.39 is 11.9 Å². The molecule has 4 heteroatoms. The van der Waals surface area contributed by atoms with Gasteiger partial charge in [-0.3, -0.25) is 4.79 Å². The average Bonchev–Trinajstić information content (AvgIpc) is 2.28. The molecule has 0 saturated carbocycles. The Morgan fingerprint density at radius 3 is 2.69 bits per heavy atom. The topological polar surface area (TPSA) is 63.6 Å². The zero-order valence-electron chi connectivity index (χ0n) is 8.69. The fraction of sp³-hybridized carbons (Fsp3) is 0.167. The lowest BCUT2D eigenvalue weighted by Gasteiger charge is -2.00. The van der Waals surface area contributed by atoms with E-state index in [0.29, 0.717) is 11.1 Å². The standard InChI is InChI=1S/C12H10O4/c1-16-12(15)10-7-3-2-5-9(10)6-4-8-11(13)14/h2-3,5,7H,8H2,1H3,(H,13,14). The van der Waals surface area contributed by atoms with Crippen molar-refractivity contribution in [1.82, 2.24) is 0 Å². The average molecular weight is 218 g/mol. The van der Waals surface area contributed by atoms with E-state index in [4.69, 9.17) is 5.11 Å². The Kier molecular flexibility index (Phi) is 4.10. The molecule has 1 N–H and O–H groups in total. The number of methoxy groups -OCH3 is 1. The zero-order chi connectivity index (χ0) is 12.0. The first-order chi connectivity index (χ1) is 7.65. The summed E-state index contributed by atoms with van der Waals surface area (Å²) in [5.74, 6) is 3.61. The minimum Gasteiger partial charge on any atom is -0.481 e. The number of benzene rings is 1. The van der Waals surface area contributed by atoms with Gasteiger partial charge in [-0.15, -0.1) is 0 Å². The number of esters is 1. The van der Waals surface area contributed by atoms with Crippen LogP contribution in [0, 0.1) is 11.8 Å². The molecule has 1 aromatic rings. The largest absolute Gasteiger partial charge is 0.481 e. The van der Waals surface area contributed by atoms with Gasteiger partial charge in [0.2, 0.25) is 0 Å². The molecule has 0 aliphatic heterocycles. The first-order valence-electron chi connectivity index (χ1n) is 4.53. The summed E-state index contributed by atoms with van der Waals surface area (Å²) in [4.78, 5) is 21.6. The molecule has 0 atom stereocenters. The van der Waals surface area contributed by atoms with Crippen molar-refractivity contribution in [2.24, 2.45) is 0 Å². The highest BCUT2D eigenvalue weighted by atomic mass is 16.5. The van der Waals surface area contributed by atoms with E-state index in [1.165, 1.54) is 7.11 Å². The van der Waals surface area contributed by atoms with Crippen molar-refractivity contribution in [3.8, 4) is 11.8 Å². The molecule has 82 valence electrons. The van der Waals surface area contributed by atoms with Crippen molar-refractivity contribution in [2.45, 2.75) is 6.42 Å². The number of carbonyl (C=O) groups excluding carboxylic acids is 1. The Hall–Kier alpha value is -2.28.